The van der Waals surface area contributed by atoms with Gasteiger partial charge in [0.2, 0.25) is 11.7 Å². The predicted molar refractivity (Wildman–Crippen MR) is 123 cm³/mol. The zero-order valence-electron chi connectivity index (χ0n) is 21.2. The molecule has 10 nitrogen and oxygen atoms in total. The Hall–Kier alpha value is -3.82. The second kappa shape index (κ2) is 11.5. The van der Waals surface area contributed by atoms with Crippen molar-refractivity contribution in [2.24, 2.45) is 0 Å². The average molecular weight is 564 g/mol. The van der Waals surface area contributed by atoms with Crippen molar-refractivity contribution < 1.29 is 45.8 Å². The molecule has 2 aromatic rings. The van der Waals surface area contributed by atoms with Crippen LogP contribution in [-0.4, -0.2) is 80.7 Å². The molecule has 0 spiro atoms. The number of nitrogens with zero attached hydrogens (tertiary/aromatic N) is 5. The summed E-state index contributed by atoms with van der Waals surface area (Å²) in [7, 11) is 3.05. The highest BCUT2D eigenvalue weighted by molar-refractivity contribution is 5.93. The first-order chi connectivity index (χ1) is 18.1. The van der Waals surface area contributed by atoms with Gasteiger partial charge in [-0.15, -0.1) is 0 Å². The third-order valence-electron chi connectivity index (χ3n) is 6.14. The van der Waals surface area contributed by atoms with Gasteiger partial charge in [0, 0.05) is 52.3 Å². The van der Waals surface area contributed by atoms with Crippen LogP contribution < -0.4 is 5.32 Å². The molecule has 1 aromatic heterocycles. The lowest BCUT2D eigenvalue weighted by molar-refractivity contribution is -0.148. The number of halogens is 6. The van der Waals surface area contributed by atoms with Crippen LogP contribution in [0.4, 0.5) is 31.1 Å². The predicted octanol–water partition coefficient (Wildman–Crippen LogP) is 2.87. The van der Waals surface area contributed by atoms with Crippen molar-refractivity contribution in [3.05, 3.63) is 52.4 Å². The van der Waals surface area contributed by atoms with Crippen molar-refractivity contribution in [1.82, 2.24) is 29.8 Å². The van der Waals surface area contributed by atoms with Crippen LogP contribution >= 0.6 is 0 Å². The van der Waals surface area contributed by atoms with E-state index in [0.717, 1.165) is 14.5 Å². The second-order valence-corrected chi connectivity index (χ2v) is 8.98. The van der Waals surface area contributed by atoms with E-state index in [1.807, 2.05) is 5.32 Å². The molecule has 214 valence electrons. The Labute approximate surface area is 218 Å². The van der Waals surface area contributed by atoms with Gasteiger partial charge in [0.05, 0.1) is 12.2 Å². The smallest absolute Gasteiger partial charge is 0.449 e. The number of amides is 3. The first-order valence-electron chi connectivity index (χ1n) is 11.7. The first kappa shape index (κ1) is 29.7. The molecule has 2 N–H and O–H groups in total. The quantitative estimate of drug-likeness (QED) is 0.290. The molecule has 1 aliphatic heterocycles. The molecule has 0 fully saturated rings. The van der Waals surface area contributed by atoms with Crippen molar-refractivity contribution in [1.29, 1.82) is 0 Å². The fourth-order valence-corrected chi connectivity index (χ4v) is 4.37. The zero-order chi connectivity index (χ0) is 29.2. The molecule has 39 heavy (non-hydrogen) atoms. The Balaban J connectivity index is 1.88. The van der Waals surface area contributed by atoms with Crippen LogP contribution in [0, 0.1) is 17.5 Å². The molecule has 1 aliphatic rings. The Bertz CT molecular complexity index is 1260. The van der Waals surface area contributed by atoms with Crippen molar-refractivity contribution in [2.45, 2.75) is 45.1 Å². The molecule has 3 amide bonds. The van der Waals surface area contributed by atoms with Gasteiger partial charge in [-0.05, 0) is 25.0 Å². The second-order valence-electron chi connectivity index (χ2n) is 8.98. The normalized spacial score (nSPS) is 14.3. The van der Waals surface area contributed by atoms with Crippen LogP contribution in [0.5, 0.6) is 0 Å². The summed E-state index contributed by atoms with van der Waals surface area (Å²) >= 11 is 0. The summed E-state index contributed by atoms with van der Waals surface area (Å²) in [6.07, 6.45) is -7.53. The van der Waals surface area contributed by atoms with E-state index in [1.165, 1.54) is 19.1 Å². The van der Waals surface area contributed by atoms with E-state index in [0.29, 0.717) is 12.1 Å². The number of aromatic nitrogens is 2. The molecule has 1 atom stereocenters. The highest BCUT2D eigenvalue weighted by Gasteiger charge is 2.42. The standard InChI is InChI=1S/C23H26F6N6O4/c1-4-35(32(2)3)20(37)19-17-11-33(5-6-34(17)21(31-19)23(27,28)29)18(36)9-13(30-22(38)39)7-12-8-15(25)16(26)10-14(12)24/h8,10,13,30H,4-7,9,11H2,1-3H3,(H,38,39). The van der Waals surface area contributed by atoms with Gasteiger partial charge < -0.3 is 19.9 Å². The van der Waals surface area contributed by atoms with Crippen LogP contribution in [0.1, 0.15) is 40.9 Å². The SMILES string of the molecule is CCN(C(=O)c1nc(C(F)(F)F)n2c1CN(C(=O)CC(Cc1cc(F)c(F)cc1F)NC(=O)O)CC2)N(C)C. The molecule has 16 heteroatoms. The maximum Gasteiger partial charge on any atom is 0.449 e. The third kappa shape index (κ3) is 6.61. The lowest BCUT2D eigenvalue weighted by atomic mass is 10.0. The molecule has 1 aromatic carbocycles. The summed E-state index contributed by atoms with van der Waals surface area (Å²) in [5.74, 6) is -6.79. The minimum Gasteiger partial charge on any atom is -0.465 e. The number of carbonyl (C=O) groups excluding carboxylic acids is 2. The maximum absolute atomic E-state index is 14.1. The average Bonchev–Trinajstić information content (AvgIpc) is 3.21. The van der Waals surface area contributed by atoms with E-state index in [-0.39, 0.29) is 30.9 Å². The summed E-state index contributed by atoms with van der Waals surface area (Å²) in [6.45, 7) is 0.743. The zero-order valence-corrected chi connectivity index (χ0v) is 21.2. The number of fused-ring (bicyclic) bond motifs is 1. The number of imidazole rings is 1. The summed E-state index contributed by atoms with van der Waals surface area (Å²) < 4.78 is 82.9. The Morgan fingerprint density at radius 1 is 1.10 bits per heavy atom. The first-order valence-corrected chi connectivity index (χ1v) is 11.7. The maximum atomic E-state index is 14.1. The van der Waals surface area contributed by atoms with E-state index in [2.05, 4.69) is 4.98 Å². The van der Waals surface area contributed by atoms with Gasteiger partial charge in [0.25, 0.3) is 5.91 Å². The summed E-state index contributed by atoms with van der Waals surface area (Å²) in [4.78, 5) is 42.1. The van der Waals surface area contributed by atoms with Gasteiger partial charge in [0.1, 0.15) is 5.82 Å². The monoisotopic (exact) mass is 564 g/mol. The van der Waals surface area contributed by atoms with Crippen LogP contribution in [0.15, 0.2) is 12.1 Å². The van der Waals surface area contributed by atoms with Gasteiger partial charge in [-0.25, -0.2) is 28.0 Å². The topological polar surface area (TPSA) is 111 Å². The van der Waals surface area contributed by atoms with E-state index in [9.17, 15) is 40.7 Å². The van der Waals surface area contributed by atoms with Crippen molar-refractivity contribution in [3.8, 4) is 0 Å². The third-order valence-corrected chi connectivity index (χ3v) is 6.14. The lowest BCUT2D eigenvalue weighted by Crippen LogP contribution is -2.45. The number of rotatable bonds is 8. The van der Waals surface area contributed by atoms with E-state index >= 15 is 0 Å². The summed E-state index contributed by atoms with van der Waals surface area (Å²) in [5.41, 5.74) is -1.02. The van der Waals surface area contributed by atoms with E-state index < -0.39 is 78.5 Å². The molecule has 0 aliphatic carbocycles. The molecular weight excluding hydrogens is 538 g/mol. The highest BCUT2D eigenvalue weighted by atomic mass is 19.4. The fourth-order valence-electron chi connectivity index (χ4n) is 4.37. The number of alkyl halides is 3. The number of hydrazine groups is 1. The van der Waals surface area contributed by atoms with Gasteiger partial charge in [0.15, 0.2) is 17.3 Å². The Morgan fingerprint density at radius 3 is 2.31 bits per heavy atom. The molecule has 0 saturated heterocycles. The van der Waals surface area contributed by atoms with Gasteiger partial charge in [-0.2, -0.15) is 13.2 Å². The van der Waals surface area contributed by atoms with E-state index in [4.69, 9.17) is 5.11 Å². The number of carbonyl (C=O) groups is 3. The van der Waals surface area contributed by atoms with Gasteiger partial charge >= 0.3 is 12.3 Å². The van der Waals surface area contributed by atoms with Crippen molar-refractivity contribution in [3.63, 3.8) is 0 Å². The lowest BCUT2D eigenvalue weighted by Gasteiger charge is -2.32. The minimum absolute atomic E-state index is 0.130. The molecule has 3 rings (SSSR count). The largest absolute Gasteiger partial charge is 0.465 e. The number of benzene rings is 1. The molecule has 1 unspecified atom stereocenters. The number of nitrogens with one attached hydrogen (secondary N) is 1. The van der Waals surface area contributed by atoms with E-state index in [1.54, 1.807) is 6.92 Å². The van der Waals surface area contributed by atoms with Crippen LogP contribution in [0.2, 0.25) is 0 Å². The summed E-state index contributed by atoms with van der Waals surface area (Å²) in [6, 6.07) is -0.441. The van der Waals surface area contributed by atoms with Crippen LogP contribution in [0.25, 0.3) is 0 Å². The summed E-state index contributed by atoms with van der Waals surface area (Å²) in [5, 5.41) is 13.7. The molecule has 0 saturated carbocycles. The van der Waals surface area contributed by atoms with Gasteiger partial charge in [-0.1, -0.05) is 0 Å². The van der Waals surface area contributed by atoms with Gasteiger partial charge in [-0.3, -0.25) is 14.6 Å². The van der Waals surface area contributed by atoms with Crippen LogP contribution in [-0.2, 0) is 30.5 Å². The Kier molecular flexibility index (Phi) is 8.77. The number of hydrogen-bond donors (Lipinski definition) is 2. The highest BCUT2D eigenvalue weighted by Crippen LogP contribution is 2.33. The Morgan fingerprint density at radius 2 is 1.74 bits per heavy atom. The van der Waals surface area contributed by atoms with Crippen molar-refractivity contribution in [2.75, 3.05) is 27.2 Å². The van der Waals surface area contributed by atoms with Crippen LogP contribution in [0.3, 0.4) is 0 Å². The molecule has 0 bridgehead atoms. The minimum atomic E-state index is -4.88. The number of hydrogen-bond acceptors (Lipinski definition) is 5. The molecule has 2 heterocycles. The molecular formula is C23H26F6N6O4. The number of carboxylic acid groups (broad SMARTS) is 1. The molecule has 0 radical (unpaired) electrons. The fraction of sp³-hybridized carbons (Fsp3) is 0.478. The van der Waals surface area contributed by atoms with Crippen molar-refractivity contribution >= 4 is 17.9 Å².